The normalized spacial score (nSPS) is 11.2. The van der Waals surface area contributed by atoms with E-state index in [1.54, 1.807) is 18.3 Å². The second-order valence-corrected chi connectivity index (χ2v) is 9.24. The monoisotopic (exact) mass is 405 g/mol. The third-order valence-electron chi connectivity index (χ3n) is 4.67. The number of nitrogens with two attached hydrogens (primary N) is 1. The highest BCUT2D eigenvalue weighted by molar-refractivity contribution is 7.64. The summed E-state index contributed by atoms with van der Waals surface area (Å²) >= 11 is 0. The van der Waals surface area contributed by atoms with E-state index in [0.717, 1.165) is 21.8 Å². The molecule has 0 atom stereocenters. The van der Waals surface area contributed by atoms with Gasteiger partial charge in [-0.05, 0) is 54.5 Å². The van der Waals surface area contributed by atoms with E-state index in [4.69, 9.17) is 5.73 Å². The van der Waals surface area contributed by atoms with Crippen LogP contribution in [-0.2, 0) is 6.54 Å². The van der Waals surface area contributed by atoms with Crippen molar-refractivity contribution in [2.45, 2.75) is 6.54 Å². The van der Waals surface area contributed by atoms with Crippen molar-refractivity contribution in [2.75, 3.05) is 24.4 Å². The van der Waals surface area contributed by atoms with Crippen LogP contribution in [0.2, 0.25) is 0 Å². The molecule has 0 bridgehead atoms. The number of nitrogen functional groups attached to an aromatic ring is 1. The quantitative estimate of drug-likeness (QED) is 0.482. The van der Waals surface area contributed by atoms with Crippen LogP contribution in [0.15, 0.2) is 60.9 Å². The van der Waals surface area contributed by atoms with Gasteiger partial charge in [-0.15, -0.1) is 0 Å². The average molecular weight is 405 g/mol. The molecule has 2 aromatic heterocycles. The molecule has 2 heterocycles. The van der Waals surface area contributed by atoms with Crippen LogP contribution in [0.4, 0.5) is 16.0 Å². The van der Waals surface area contributed by atoms with Gasteiger partial charge in [-0.25, -0.2) is 14.4 Å². The minimum Gasteiger partial charge on any atom is -0.381 e. The fourth-order valence-corrected chi connectivity index (χ4v) is 3.81. The largest absolute Gasteiger partial charge is 0.381 e. The highest BCUT2D eigenvalue weighted by atomic mass is 31.1. The van der Waals surface area contributed by atoms with Crippen LogP contribution in [0.3, 0.4) is 0 Å². The van der Waals surface area contributed by atoms with E-state index in [1.165, 1.54) is 6.20 Å². The number of pyridine rings is 1. The molecule has 3 N–H and O–H groups in total. The summed E-state index contributed by atoms with van der Waals surface area (Å²) in [6.45, 7) is 4.71. The number of rotatable bonds is 5. The predicted molar refractivity (Wildman–Crippen MR) is 119 cm³/mol. The van der Waals surface area contributed by atoms with E-state index in [9.17, 15) is 4.39 Å². The fourth-order valence-electron chi connectivity index (χ4n) is 3.07. The van der Waals surface area contributed by atoms with Gasteiger partial charge in [0.05, 0.1) is 17.4 Å². The van der Waals surface area contributed by atoms with Crippen molar-refractivity contribution < 1.29 is 4.39 Å². The maximum Gasteiger partial charge on any atom is 0.169 e. The van der Waals surface area contributed by atoms with Gasteiger partial charge in [0.15, 0.2) is 11.6 Å². The van der Waals surface area contributed by atoms with Crippen molar-refractivity contribution in [1.82, 2.24) is 15.0 Å². The highest BCUT2D eigenvalue weighted by Crippen LogP contribution is 2.28. The van der Waals surface area contributed by atoms with Crippen LogP contribution in [0.1, 0.15) is 5.56 Å². The van der Waals surface area contributed by atoms with E-state index < -0.39 is 0 Å². The van der Waals surface area contributed by atoms with Gasteiger partial charge in [-0.2, -0.15) is 0 Å². The lowest BCUT2D eigenvalue weighted by Crippen LogP contribution is -2.08. The molecule has 0 unspecified atom stereocenters. The van der Waals surface area contributed by atoms with Crippen LogP contribution >= 0.6 is 7.92 Å². The lowest BCUT2D eigenvalue weighted by Gasteiger charge is -2.12. The van der Waals surface area contributed by atoms with Crippen molar-refractivity contribution >= 4 is 35.8 Å². The van der Waals surface area contributed by atoms with Crippen LogP contribution in [0.25, 0.3) is 22.2 Å². The zero-order valence-electron chi connectivity index (χ0n) is 16.2. The number of fused-ring (bicyclic) bond motifs is 1. The maximum atomic E-state index is 14.6. The molecule has 0 spiro atoms. The van der Waals surface area contributed by atoms with Gasteiger partial charge in [0, 0.05) is 23.7 Å². The number of anilines is 2. The molecule has 2 aromatic carbocycles. The number of halogens is 1. The lowest BCUT2D eigenvalue weighted by molar-refractivity contribution is 0.632. The van der Waals surface area contributed by atoms with Gasteiger partial charge in [0.2, 0.25) is 0 Å². The molecule has 0 saturated carbocycles. The summed E-state index contributed by atoms with van der Waals surface area (Å²) in [5.41, 5.74) is 8.86. The summed E-state index contributed by atoms with van der Waals surface area (Å²) < 4.78 is 14.6. The maximum absolute atomic E-state index is 14.6. The Morgan fingerprint density at radius 1 is 1.07 bits per heavy atom. The van der Waals surface area contributed by atoms with Gasteiger partial charge >= 0.3 is 0 Å². The van der Waals surface area contributed by atoms with E-state index in [-0.39, 0.29) is 19.6 Å². The third-order valence-corrected chi connectivity index (χ3v) is 5.98. The Labute approximate surface area is 170 Å². The van der Waals surface area contributed by atoms with Gasteiger partial charge in [-0.1, -0.05) is 26.1 Å². The summed E-state index contributed by atoms with van der Waals surface area (Å²) in [5.74, 6) is 0.412. The number of aromatic nitrogens is 3. The van der Waals surface area contributed by atoms with Crippen LogP contribution in [0, 0.1) is 5.82 Å². The molecule has 0 aliphatic rings. The first-order valence-electron chi connectivity index (χ1n) is 9.18. The molecule has 0 saturated heterocycles. The average Bonchev–Trinajstić information content (AvgIpc) is 2.73. The van der Waals surface area contributed by atoms with E-state index in [1.807, 2.05) is 30.3 Å². The smallest absolute Gasteiger partial charge is 0.169 e. The molecule has 0 aliphatic heterocycles. The molecular weight excluding hydrogens is 384 g/mol. The Balaban J connectivity index is 1.58. The van der Waals surface area contributed by atoms with Gasteiger partial charge in [-0.3, -0.25) is 4.98 Å². The molecule has 4 aromatic rings. The molecule has 4 rings (SSSR count). The minimum absolute atomic E-state index is 0.277. The van der Waals surface area contributed by atoms with Crippen molar-refractivity contribution in [3.05, 3.63) is 72.3 Å². The van der Waals surface area contributed by atoms with Crippen molar-refractivity contribution in [3.8, 4) is 11.3 Å². The summed E-state index contributed by atoms with van der Waals surface area (Å²) in [6.07, 6.45) is 3.27. The third kappa shape index (κ3) is 4.17. The van der Waals surface area contributed by atoms with Crippen molar-refractivity contribution in [3.63, 3.8) is 0 Å². The second kappa shape index (κ2) is 8.10. The number of nitrogens with one attached hydrogen (secondary N) is 1. The minimum atomic E-state index is -0.362. The standard InChI is InChI=1S/C22H21FN5P/c1-29(2)16-6-7-17(18(23)11-16)20-13-26-21(24)22(28-20)27-12-14-5-8-19-15(10-14)4-3-9-25-19/h3-11,13H,12H2,1-2H3,(H2,24,26)(H,27,28). The molecule has 29 heavy (non-hydrogen) atoms. The lowest BCUT2D eigenvalue weighted by atomic mass is 10.1. The SMILES string of the molecule is CP(C)c1ccc(-c2cnc(N)c(NCc3ccc4ncccc4c3)n2)c(F)c1. The van der Waals surface area contributed by atoms with E-state index in [2.05, 4.69) is 39.7 Å². The fraction of sp³-hybridized carbons (Fsp3) is 0.136. The first-order valence-corrected chi connectivity index (χ1v) is 11.4. The Hall–Kier alpha value is -3.11. The Bertz CT molecular complexity index is 1180. The van der Waals surface area contributed by atoms with Crippen molar-refractivity contribution in [2.24, 2.45) is 0 Å². The number of nitrogens with zero attached hydrogens (tertiary/aromatic N) is 3. The van der Waals surface area contributed by atoms with Crippen LogP contribution in [-0.4, -0.2) is 28.3 Å². The summed E-state index contributed by atoms with van der Waals surface area (Å²) in [7, 11) is -0.362. The first kappa shape index (κ1) is 19.2. The molecule has 0 amide bonds. The molecule has 0 aliphatic carbocycles. The number of hydrogen-bond acceptors (Lipinski definition) is 5. The molecule has 146 valence electrons. The van der Waals surface area contributed by atoms with Crippen molar-refractivity contribution in [1.29, 1.82) is 0 Å². The predicted octanol–water partition coefficient (Wildman–Crippen LogP) is 4.39. The molecule has 0 radical (unpaired) electrons. The van der Waals surface area contributed by atoms with Gasteiger partial charge < -0.3 is 11.1 Å². The molecule has 7 heteroatoms. The van der Waals surface area contributed by atoms with Crippen LogP contribution in [0.5, 0.6) is 0 Å². The Kier molecular flexibility index (Phi) is 5.36. The van der Waals surface area contributed by atoms with Crippen LogP contribution < -0.4 is 16.4 Å². The topological polar surface area (TPSA) is 76.7 Å². The summed E-state index contributed by atoms with van der Waals surface area (Å²) in [5, 5.41) is 5.29. The zero-order chi connectivity index (χ0) is 20.4. The second-order valence-electron chi connectivity index (χ2n) is 6.93. The summed E-state index contributed by atoms with van der Waals surface area (Å²) in [4.78, 5) is 13.0. The first-order chi connectivity index (χ1) is 14.0. The molecular formula is C22H21FN5P. The highest BCUT2D eigenvalue weighted by Gasteiger charge is 2.12. The van der Waals surface area contributed by atoms with Gasteiger partial charge in [0.1, 0.15) is 5.82 Å². The zero-order valence-corrected chi connectivity index (χ0v) is 17.1. The Morgan fingerprint density at radius 3 is 2.72 bits per heavy atom. The molecule has 0 fully saturated rings. The number of hydrogen-bond donors (Lipinski definition) is 2. The molecule has 5 nitrogen and oxygen atoms in total. The van der Waals surface area contributed by atoms with Gasteiger partial charge in [0.25, 0.3) is 0 Å². The Morgan fingerprint density at radius 2 is 1.93 bits per heavy atom. The number of benzene rings is 2. The summed E-state index contributed by atoms with van der Waals surface area (Å²) in [6, 6.07) is 15.3. The van der Waals surface area contributed by atoms with E-state index in [0.29, 0.717) is 23.6 Å². The van der Waals surface area contributed by atoms with E-state index >= 15 is 0 Å².